The maximum absolute atomic E-state index is 5.84. The Morgan fingerprint density at radius 2 is 1.32 bits per heavy atom. The van der Waals surface area contributed by atoms with Gasteiger partial charge in [-0.15, -0.1) is 0 Å². The molecule has 0 aliphatic carbocycles. The molecule has 1 aromatic carbocycles. The van der Waals surface area contributed by atoms with Gasteiger partial charge in [-0.25, -0.2) is 24.9 Å². The molecule has 4 aromatic heterocycles. The fourth-order valence-electron chi connectivity index (χ4n) is 6.93. The van der Waals surface area contributed by atoms with Crippen LogP contribution in [0.25, 0.3) is 22.3 Å². The van der Waals surface area contributed by atoms with Gasteiger partial charge in [0.2, 0.25) is 11.9 Å². The number of hydrogen-bond acceptors (Lipinski definition) is 12. The average Bonchev–Trinajstić information content (AvgIpc) is 3.18. The molecule has 6 heterocycles. The van der Waals surface area contributed by atoms with Crippen LogP contribution in [0, 0.1) is 0 Å². The molecule has 2 aliphatic heterocycles. The summed E-state index contributed by atoms with van der Waals surface area (Å²) in [5.41, 5.74) is 8.58. The highest BCUT2D eigenvalue weighted by Gasteiger charge is 2.34. The van der Waals surface area contributed by atoms with E-state index in [0.29, 0.717) is 24.6 Å². The average molecular weight is 673 g/mol. The summed E-state index contributed by atoms with van der Waals surface area (Å²) in [6.45, 7) is 7.20. The second-order valence-corrected chi connectivity index (χ2v) is 12.7. The SMILES string of the molecule is CCOc1cc(CN2CCC(N(c3ncc(-c4cccnc4)cn3)C3CCN(Nc4ncc(-c5cccnc5)cn4)CC3)CC2)ccc1OC. The number of hydrazine groups is 1. The Balaban J connectivity index is 1.02. The molecule has 0 unspecified atom stereocenters. The highest BCUT2D eigenvalue weighted by molar-refractivity contribution is 5.61. The van der Waals surface area contributed by atoms with E-state index in [9.17, 15) is 0 Å². The minimum absolute atomic E-state index is 0.318. The normalized spacial score (nSPS) is 16.2. The minimum Gasteiger partial charge on any atom is -0.493 e. The largest absolute Gasteiger partial charge is 0.493 e. The van der Waals surface area contributed by atoms with E-state index in [1.165, 1.54) is 5.56 Å². The van der Waals surface area contributed by atoms with Gasteiger partial charge in [0.1, 0.15) is 0 Å². The third-order valence-corrected chi connectivity index (χ3v) is 9.51. The van der Waals surface area contributed by atoms with Gasteiger partial charge in [-0.05, 0) is 62.4 Å². The molecule has 2 saturated heterocycles. The summed E-state index contributed by atoms with van der Waals surface area (Å²) in [5, 5.41) is 2.22. The molecule has 0 bridgehead atoms. The molecule has 2 fully saturated rings. The fourth-order valence-corrected chi connectivity index (χ4v) is 6.93. The molecule has 7 rings (SSSR count). The van der Waals surface area contributed by atoms with Crippen LogP contribution < -0.4 is 19.8 Å². The number of pyridine rings is 2. The van der Waals surface area contributed by atoms with Crippen LogP contribution in [0.4, 0.5) is 11.9 Å². The third-order valence-electron chi connectivity index (χ3n) is 9.51. The topological polar surface area (TPSA) is 118 Å². The zero-order valence-corrected chi connectivity index (χ0v) is 28.7. The molecule has 1 N–H and O–H groups in total. The molecular weight excluding hydrogens is 628 g/mol. The van der Waals surface area contributed by atoms with Crippen molar-refractivity contribution in [1.82, 2.24) is 39.8 Å². The van der Waals surface area contributed by atoms with Gasteiger partial charge >= 0.3 is 0 Å². The first kappa shape index (κ1) is 33.3. The van der Waals surface area contributed by atoms with Crippen molar-refractivity contribution in [2.45, 2.75) is 51.2 Å². The predicted octanol–water partition coefficient (Wildman–Crippen LogP) is 5.76. The van der Waals surface area contributed by atoms with Crippen LogP contribution in [0.5, 0.6) is 11.5 Å². The van der Waals surface area contributed by atoms with Crippen molar-refractivity contribution in [3.05, 3.63) is 97.6 Å². The molecule has 5 aromatic rings. The van der Waals surface area contributed by atoms with E-state index in [1.807, 2.05) is 74.4 Å². The molecule has 0 amide bonds. The summed E-state index contributed by atoms with van der Waals surface area (Å²) in [6.07, 6.45) is 18.8. The van der Waals surface area contributed by atoms with Crippen LogP contribution in [-0.2, 0) is 6.54 Å². The number of likely N-dealkylation sites (tertiary alicyclic amines) is 1. The van der Waals surface area contributed by atoms with Crippen LogP contribution in [0.3, 0.4) is 0 Å². The monoisotopic (exact) mass is 672 g/mol. The van der Waals surface area contributed by atoms with E-state index < -0.39 is 0 Å². The van der Waals surface area contributed by atoms with Crippen molar-refractivity contribution < 1.29 is 9.47 Å². The van der Waals surface area contributed by atoms with E-state index in [1.54, 1.807) is 19.5 Å². The van der Waals surface area contributed by atoms with E-state index in [0.717, 1.165) is 98.1 Å². The number of nitrogens with one attached hydrogen (secondary N) is 1. The summed E-state index contributed by atoms with van der Waals surface area (Å²) >= 11 is 0. The van der Waals surface area contributed by atoms with Gasteiger partial charge in [-0.2, -0.15) is 0 Å². The summed E-state index contributed by atoms with van der Waals surface area (Å²) < 4.78 is 11.3. The van der Waals surface area contributed by atoms with Gasteiger partial charge in [-0.3, -0.25) is 20.3 Å². The van der Waals surface area contributed by atoms with Gasteiger partial charge in [0.05, 0.1) is 13.7 Å². The molecule has 0 spiro atoms. The van der Waals surface area contributed by atoms with Gasteiger partial charge in [0.25, 0.3) is 0 Å². The Bertz CT molecular complexity index is 1780. The zero-order chi connectivity index (χ0) is 34.1. The lowest BCUT2D eigenvalue weighted by molar-refractivity contribution is 0.183. The Morgan fingerprint density at radius 1 is 0.720 bits per heavy atom. The molecule has 12 heteroatoms. The molecule has 50 heavy (non-hydrogen) atoms. The maximum Gasteiger partial charge on any atom is 0.237 e. The van der Waals surface area contributed by atoms with Crippen molar-refractivity contribution in [1.29, 1.82) is 0 Å². The van der Waals surface area contributed by atoms with Crippen LogP contribution in [0.2, 0.25) is 0 Å². The number of nitrogens with zero attached hydrogens (tertiary/aromatic N) is 9. The first-order chi connectivity index (χ1) is 24.7. The molecular formula is C38H44N10O2. The summed E-state index contributed by atoms with van der Waals surface area (Å²) in [7, 11) is 1.68. The maximum atomic E-state index is 5.84. The second kappa shape index (κ2) is 16.0. The smallest absolute Gasteiger partial charge is 0.237 e. The number of methoxy groups -OCH3 is 1. The van der Waals surface area contributed by atoms with Crippen LogP contribution in [0.15, 0.2) is 92.0 Å². The van der Waals surface area contributed by atoms with Crippen molar-refractivity contribution in [2.24, 2.45) is 0 Å². The zero-order valence-electron chi connectivity index (χ0n) is 28.7. The predicted molar refractivity (Wildman–Crippen MR) is 194 cm³/mol. The second-order valence-electron chi connectivity index (χ2n) is 12.7. The summed E-state index contributed by atoms with van der Waals surface area (Å²) in [4.78, 5) is 32.6. The van der Waals surface area contributed by atoms with Gasteiger partial charge in [0, 0.05) is 117 Å². The lowest BCUT2D eigenvalue weighted by atomic mass is 9.96. The number of rotatable bonds is 12. The van der Waals surface area contributed by atoms with Crippen molar-refractivity contribution in [3.63, 3.8) is 0 Å². The molecule has 12 nitrogen and oxygen atoms in total. The standard InChI is InChI=1S/C38H44N10O2/c1-3-50-36-20-28(8-9-35(36)49-2)27-46-16-10-33(11-17-46)48(38-43-25-32(26-44-38)30-7-5-15-40-22-30)34-12-18-47(19-13-34)45-37-41-23-31(24-42-37)29-6-4-14-39-21-29/h4-9,14-15,20-26,33-34H,3,10-13,16-19,27H2,1-2H3,(H,41,42,45). The third kappa shape index (κ3) is 7.98. The molecule has 258 valence electrons. The van der Waals surface area contributed by atoms with Crippen LogP contribution >= 0.6 is 0 Å². The number of ether oxygens (including phenoxy) is 2. The van der Waals surface area contributed by atoms with Gasteiger partial charge < -0.3 is 14.4 Å². The van der Waals surface area contributed by atoms with Crippen molar-refractivity contribution in [3.8, 4) is 33.8 Å². The van der Waals surface area contributed by atoms with Crippen molar-refractivity contribution >= 4 is 11.9 Å². The highest BCUT2D eigenvalue weighted by atomic mass is 16.5. The van der Waals surface area contributed by atoms with Gasteiger partial charge in [-0.1, -0.05) is 18.2 Å². The lowest BCUT2D eigenvalue weighted by Crippen LogP contribution is -2.53. The minimum atomic E-state index is 0.318. The number of benzene rings is 1. The summed E-state index contributed by atoms with van der Waals surface area (Å²) in [5.74, 6) is 2.97. The Labute approximate surface area is 293 Å². The lowest BCUT2D eigenvalue weighted by Gasteiger charge is -2.45. The summed E-state index contributed by atoms with van der Waals surface area (Å²) in [6, 6.07) is 14.8. The van der Waals surface area contributed by atoms with Crippen molar-refractivity contribution in [2.75, 3.05) is 50.2 Å². The molecule has 0 saturated carbocycles. The highest BCUT2D eigenvalue weighted by Crippen LogP contribution is 2.32. The van der Waals surface area contributed by atoms with Gasteiger partial charge in [0.15, 0.2) is 11.5 Å². The molecule has 0 radical (unpaired) electrons. The van der Waals surface area contributed by atoms with E-state index in [4.69, 9.17) is 19.4 Å². The van der Waals surface area contributed by atoms with Crippen LogP contribution in [0.1, 0.15) is 38.2 Å². The van der Waals surface area contributed by atoms with E-state index in [-0.39, 0.29) is 0 Å². The van der Waals surface area contributed by atoms with E-state index in [2.05, 4.69) is 52.3 Å². The molecule has 2 aliphatic rings. The Hall–Kier alpha value is -5.20. The molecule has 0 atom stereocenters. The number of piperidine rings is 2. The number of hydrogen-bond donors (Lipinski definition) is 1. The van der Waals surface area contributed by atoms with Crippen LogP contribution in [-0.4, -0.2) is 91.8 Å². The number of anilines is 2. The Kier molecular flexibility index (Phi) is 10.7. The quantitative estimate of drug-likeness (QED) is 0.174. The Morgan fingerprint density at radius 3 is 1.88 bits per heavy atom. The number of aromatic nitrogens is 6. The first-order valence-electron chi connectivity index (χ1n) is 17.4. The first-order valence-corrected chi connectivity index (χ1v) is 17.4. The fraction of sp³-hybridized carbons (Fsp3) is 0.368. The van der Waals surface area contributed by atoms with E-state index >= 15 is 0 Å².